The van der Waals surface area contributed by atoms with E-state index in [1.165, 1.54) is 0 Å². The van der Waals surface area contributed by atoms with Crippen LogP contribution in [-0.4, -0.2) is 85.5 Å². The average Bonchev–Trinajstić information content (AvgIpc) is 3.15. The lowest BCUT2D eigenvalue weighted by molar-refractivity contribution is -0.118. The maximum atomic E-state index is 13.4. The number of thioether (sulfide) groups is 2. The van der Waals surface area contributed by atoms with Crippen molar-refractivity contribution in [2.24, 2.45) is 16.6 Å². The van der Waals surface area contributed by atoms with Crippen LogP contribution in [0.25, 0.3) is 0 Å². The lowest BCUT2D eigenvalue weighted by Gasteiger charge is -2.22. The molecule has 1 aromatic heterocycles. The predicted octanol–water partition coefficient (Wildman–Crippen LogP) is 1.73. The normalized spacial score (nSPS) is 21.7. The second-order valence-corrected chi connectivity index (χ2v) is 14.9. The van der Waals surface area contributed by atoms with Crippen LogP contribution in [-0.2, 0) is 32.5 Å². The summed E-state index contributed by atoms with van der Waals surface area (Å²) >= 11 is 1.98. The van der Waals surface area contributed by atoms with Crippen molar-refractivity contribution in [3.8, 4) is 0 Å². The number of aromatic nitrogens is 2. The Balaban J connectivity index is 2.08. The Morgan fingerprint density at radius 2 is 1.51 bits per heavy atom. The lowest BCUT2D eigenvalue weighted by atomic mass is 9.99. The number of hydrogen-bond acceptors (Lipinski definition) is 14. The van der Waals surface area contributed by atoms with Crippen LogP contribution in [0.5, 0.6) is 0 Å². The van der Waals surface area contributed by atoms with E-state index in [4.69, 9.17) is 24.0 Å². The molecular formula is C24H38N3O11PS2. The van der Waals surface area contributed by atoms with E-state index >= 15 is 0 Å². The first-order chi connectivity index (χ1) is 18.9. The summed E-state index contributed by atoms with van der Waals surface area (Å²) in [6.45, 7) is 9.64. The van der Waals surface area contributed by atoms with Gasteiger partial charge in [-0.1, -0.05) is 65.1 Å². The lowest BCUT2D eigenvalue weighted by Crippen LogP contribution is -2.38. The molecule has 2 rings (SSSR count). The van der Waals surface area contributed by atoms with Crippen molar-refractivity contribution in [1.29, 1.82) is 0 Å². The smallest absolute Gasteiger partial charge is 0.387 e. The Bertz CT molecular complexity index is 1160. The van der Waals surface area contributed by atoms with Gasteiger partial charge >= 0.3 is 7.82 Å². The van der Waals surface area contributed by atoms with Crippen LogP contribution in [0, 0.1) is 10.8 Å². The van der Waals surface area contributed by atoms with Crippen LogP contribution in [0.3, 0.4) is 0 Å². The van der Waals surface area contributed by atoms with Gasteiger partial charge in [0.25, 0.3) is 11.5 Å². The number of amides is 1. The molecule has 0 saturated carbocycles. The molecule has 0 bridgehead atoms. The summed E-state index contributed by atoms with van der Waals surface area (Å²) in [5.41, 5.74) is 2.46. The molecule has 4 atom stereocenters. The van der Waals surface area contributed by atoms with E-state index in [1.807, 2.05) is 0 Å². The summed E-state index contributed by atoms with van der Waals surface area (Å²) in [4.78, 5) is 52.0. The van der Waals surface area contributed by atoms with Crippen molar-refractivity contribution in [1.82, 2.24) is 9.55 Å². The summed E-state index contributed by atoms with van der Waals surface area (Å²) in [7, 11) is -4.30. The second kappa shape index (κ2) is 14.7. The molecule has 1 aliphatic heterocycles. The van der Waals surface area contributed by atoms with Gasteiger partial charge in [0.1, 0.15) is 18.3 Å². The molecule has 1 amide bonds. The average molecular weight is 640 g/mol. The molecule has 1 saturated heterocycles. The molecule has 2 heterocycles. The first-order valence-electron chi connectivity index (χ1n) is 12.6. The minimum atomic E-state index is -4.30. The number of aliphatic hydroxyl groups excluding tert-OH is 2. The fourth-order valence-electron chi connectivity index (χ4n) is 3.17. The fraction of sp³-hybridized carbons (Fsp3) is 0.708. The maximum absolute atomic E-state index is 13.4. The van der Waals surface area contributed by atoms with Crippen LogP contribution in [0.15, 0.2) is 17.2 Å². The minimum Gasteiger partial charge on any atom is -0.387 e. The van der Waals surface area contributed by atoms with Crippen LogP contribution < -0.4 is 11.3 Å². The predicted molar refractivity (Wildman–Crippen MR) is 152 cm³/mol. The molecule has 0 aromatic carbocycles. The van der Waals surface area contributed by atoms with Gasteiger partial charge < -0.3 is 20.7 Å². The number of ether oxygens (including phenoxy) is 1. The SMILES string of the molecule is CC(C)(C)C(=O)SCCOP(=O)(OCCSC(=O)C(C)(C)C)OCC1OC(n2ccnc(C(N)=O)c2=O)C(O)C1O. The molecule has 17 heteroatoms. The number of phosphoric acid groups is 1. The summed E-state index contributed by atoms with van der Waals surface area (Å²) in [6.07, 6.45) is -3.71. The standard InChI is InChI=1S/C24H38N3O11PS2/c1-23(2,3)21(32)40-11-9-35-39(34,36-10-12-41-22(33)24(4,5)6)37-13-14-16(28)17(29)20(38-14)27-8-7-26-15(18(25)30)19(27)31/h7-8,14,16-17,20,28-29H,9-13H2,1-6H3,(H2,25,30). The van der Waals surface area contributed by atoms with Gasteiger partial charge in [-0.05, 0) is 0 Å². The van der Waals surface area contributed by atoms with Crippen molar-refractivity contribution >= 4 is 47.5 Å². The monoisotopic (exact) mass is 639 g/mol. The molecule has 232 valence electrons. The third-order valence-electron chi connectivity index (χ3n) is 5.47. The fourth-order valence-corrected chi connectivity index (χ4v) is 6.17. The van der Waals surface area contributed by atoms with Crippen molar-refractivity contribution in [3.63, 3.8) is 0 Å². The zero-order valence-electron chi connectivity index (χ0n) is 23.8. The Morgan fingerprint density at radius 1 is 1.00 bits per heavy atom. The van der Waals surface area contributed by atoms with Gasteiger partial charge in [-0.15, -0.1) is 0 Å². The third kappa shape index (κ3) is 10.3. The first kappa shape index (κ1) is 35.6. The molecule has 0 radical (unpaired) electrons. The van der Waals surface area contributed by atoms with E-state index in [0.29, 0.717) is 0 Å². The zero-order chi connectivity index (χ0) is 31.2. The molecule has 0 spiro atoms. The topological polar surface area (TPSA) is 207 Å². The number of primary amides is 1. The van der Waals surface area contributed by atoms with Gasteiger partial charge in [0, 0.05) is 34.7 Å². The molecular weight excluding hydrogens is 601 g/mol. The summed E-state index contributed by atoms with van der Waals surface area (Å²) < 4.78 is 36.0. The number of nitrogens with two attached hydrogens (primary N) is 1. The molecule has 41 heavy (non-hydrogen) atoms. The largest absolute Gasteiger partial charge is 0.474 e. The number of aliphatic hydroxyl groups is 2. The van der Waals surface area contributed by atoms with Crippen molar-refractivity contribution < 1.29 is 47.5 Å². The Kier molecular flexibility index (Phi) is 12.8. The first-order valence-corrected chi connectivity index (χ1v) is 16.1. The number of rotatable bonds is 13. The Hall–Kier alpha value is -1.62. The highest BCUT2D eigenvalue weighted by Gasteiger charge is 2.45. The molecule has 0 aliphatic carbocycles. The van der Waals surface area contributed by atoms with Crippen LogP contribution >= 0.6 is 31.3 Å². The number of nitrogens with zero attached hydrogens (tertiary/aromatic N) is 2. The molecule has 4 N–H and O–H groups in total. The molecule has 1 fully saturated rings. The van der Waals surface area contributed by atoms with Gasteiger partial charge in [-0.25, -0.2) is 9.55 Å². The quantitative estimate of drug-likeness (QED) is 0.208. The highest BCUT2D eigenvalue weighted by atomic mass is 32.2. The van der Waals surface area contributed by atoms with Gasteiger partial charge in [-0.3, -0.25) is 37.3 Å². The molecule has 4 unspecified atom stereocenters. The van der Waals surface area contributed by atoms with Crippen LogP contribution in [0.4, 0.5) is 0 Å². The van der Waals surface area contributed by atoms with Crippen LogP contribution in [0.2, 0.25) is 0 Å². The van der Waals surface area contributed by atoms with E-state index in [0.717, 1.165) is 40.5 Å². The highest BCUT2D eigenvalue weighted by Crippen LogP contribution is 2.50. The Morgan fingerprint density at radius 3 is 1.98 bits per heavy atom. The van der Waals surface area contributed by atoms with Gasteiger partial charge in [-0.2, -0.15) is 0 Å². The number of phosphoric ester groups is 1. The highest BCUT2D eigenvalue weighted by molar-refractivity contribution is 8.14. The minimum absolute atomic E-state index is 0.0942. The summed E-state index contributed by atoms with van der Waals surface area (Å²) in [6, 6.07) is 0. The van der Waals surface area contributed by atoms with Crippen LogP contribution in [0.1, 0.15) is 58.3 Å². The third-order valence-corrected chi connectivity index (χ3v) is 9.42. The van der Waals surface area contributed by atoms with E-state index < -0.39 is 67.0 Å². The van der Waals surface area contributed by atoms with Crippen molar-refractivity contribution in [2.45, 2.75) is 66.1 Å². The van der Waals surface area contributed by atoms with E-state index in [2.05, 4.69) is 4.98 Å². The van der Waals surface area contributed by atoms with E-state index in [1.54, 1.807) is 41.5 Å². The number of hydrogen-bond donors (Lipinski definition) is 3. The summed E-state index contributed by atoms with van der Waals surface area (Å²) in [5.74, 6) is -0.779. The number of carbonyl (C=O) groups is 3. The second-order valence-electron chi connectivity index (χ2n) is 11.1. The van der Waals surface area contributed by atoms with Gasteiger partial charge in [0.05, 0.1) is 19.8 Å². The zero-order valence-corrected chi connectivity index (χ0v) is 26.3. The van der Waals surface area contributed by atoms with Gasteiger partial charge in [0.15, 0.2) is 22.2 Å². The Labute approximate surface area is 246 Å². The van der Waals surface area contributed by atoms with Gasteiger partial charge in [0.2, 0.25) is 0 Å². The summed E-state index contributed by atoms with van der Waals surface area (Å²) in [5, 5.41) is 20.9. The molecule has 1 aromatic rings. The van der Waals surface area contributed by atoms with E-state index in [-0.39, 0.29) is 35.0 Å². The molecule has 14 nitrogen and oxygen atoms in total. The van der Waals surface area contributed by atoms with E-state index in [9.17, 15) is 34.0 Å². The van der Waals surface area contributed by atoms with Crippen molar-refractivity contribution in [3.05, 3.63) is 28.4 Å². The van der Waals surface area contributed by atoms with Crippen molar-refractivity contribution in [2.75, 3.05) is 31.3 Å². The number of carbonyl (C=O) groups excluding carboxylic acids is 3. The molecule has 1 aliphatic rings. The maximum Gasteiger partial charge on any atom is 0.474 e.